The molecule has 7 heteroatoms. The normalized spacial score (nSPS) is 12.0. The second-order valence-corrected chi connectivity index (χ2v) is 8.28. The molecule has 1 amide bonds. The van der Waals surface area contributed by atoms with Gasteiger partial charge < -0.3 is 5.32 Å². The van der Waals surface area contributed by atoms with E-state index in [0.29, 0.717) is 22.5 Å². The number of nitrogens with one attached hydrogen (secondary N) is 1. The van der Waals surface area contributed by atoms with E-state index in [4.69, 9.17) is 11.6 Å². The maximum absolute atomic E-state index is 12.2. The molecule has 0 aliphatic carbocycles. The zero-order valence-electron chi connectivity index (χ0n) is 16.4. The summed E-state index contributed by atoms with van der Waals surface area (Å²) in [5, 5.41) is 12.6. The van der Waals surface area contributed by atoms with Crippen molar-refractivity contribution in [1.82, 2.24) is 20.1 Å². The monoisotopic (exact) mass is 414 g/mol. The van der Waals surface area contributed by atoms with Crippen LogP contribution in [0.5, 0.6) is 0 Å². The number of benzene rings is 2. The Bertz CT molecular complexity index is 1000. The first-order valence-corrected chi connectivity index (χ1v) is 10.4. The molecule has 5 nitrogen and oxygen atoms in total. The summed E-state index contributed by atoms with van der Waals surface area (Å²) in [5.41, 5.74) is 4.00. The summed E-state index contributed by atoms with van der Waals surface area (Å²) in [5.74, 6) is 0.632. The van der Waals surface area contributed by atoms with Crippen LogP contribution < -0.4 is 5.32 Å². The zero-order valence-corrected chi connectivity index (χ0v) is 17.9. The van der Waals surface area contributed by atoms with Crippen LogP contribution in [0.4, 0.5) is 0 Å². The first-order chi connectivity index (χ1) is 13.4. The minimum atomic E-state index is -0.299. The van der Waals surface area contributed by atoms with Crippen LogP contribution in [0, 0.1) is 13.8 Å². The van der Waals surface area contributed by atoms with E-state index >= 15 is 0 Å². The number of carbonyl (C=O) groups excluding carboxylic acids is 1. The summed E-state index contributed by atoms with van der Waals surface area (Å²) in [6.07, 6.45) is 0. The van der Waals surface area contributed by atoms with Crippen LogP contribution in [-0.2, 0) is 4.79 Å². The highest BCUT2D eigenvalue weighted by Crippen LogP contribution is 2.34. The molecule has 0 saturated heterocycles. The summed E-state index contributed by atoms with van der Waals surface area (Å²) < 4.78 is 1.99. The third kappa shape index (κ3) is 4.23. The van der Waals surface area contributed by atoms with Crippen molar-refractivity contribution >= 4 is 29.3 Å². The Kier molecular flexibility index (Phi) is 6.42. The number of amides is 1. The lowest BCUT2D eigenvalue weighted by molar-refractivity contribution is -0.120. The number of carbonyl (C=O) groups is 1. The van der Waals surface area contributed by atoms with Gasteiger partial charge in [-0.2, -0.15) is 0 Å². The summed E-state index contributed by atoms with van der Waals surface area (Å²) in [7, 11) is 0. The minimum Gasteiger partial charge on any atom is -0.355 e. The second kappa shape index (κ2) is 8.80. The van der Waals surface area contributed by atoms with E-state index < -0.39 is 0 Å². The molecule has 0 aliphatic heterocycles. The third-order valence-electron chi connectivity index (χ3n) is 4.36. The Balaban J connectivity index is 2.15. The quantitative estimate of drug-likeness (QED) is 0.587. The Labute approximate surface area is 174 Å². The third-order valence-corrected chi connectivity index (χ3v) is 5.73. The molecule has 0 spiro atoms. The smallest absolute Gasteiger partial charge is 0.233 e. The molecule has 3 aromatic rings. The van der Waals surface area contributed by atoms with Crippen LogP contribution in [0.3, 0.4) is 0 Å². The highest BCUT2D eigenvalue weighted by atomic mass is 35.5. The molecule has 0 saturated carbocycles. The molecule has 1 atom stereocenters. The number of halogens is 1. The number of aromatic nitrogens is 3. The fourth-order valence-corrected chi connectivity index (χ4v) is 3.98. The van der Waals surface area contributed by atoms with Gasteiger partial charge in [-0.15, -0.1) is 10.2 Å². The van der Waals surface area contributed by atoms with Gasteiger partial charge in [0.15, 0.2) is 11.0 Å². The number of thioether (sulfide) groups is 1. The van der Waals surface area contributed by atoms with Crippen molar-refractivity contribution < 1.29 is 4.79 Å². The van der Waals surface area contributed by atoms with Gasteiger partial charge in [0.2, 0.25) is 5.91 Å². The van der Waals surface area contributed by atoms with Crippen molar-refractivity contribution in [2.75, 3.05) is 6.54 Å². The van der Waals surface area contributed by atoms with E-state index in [1.165, 1.54) is 11.8 Å². The van der Waals surface area contributed by atoms with Crippen molar-refractivity contribution in [2.45, 2.75) is 38.1 Å². The van der Waals surface area contributed by atoms with Crippen LogP contribution >= 0.6 is 23.4 Å². The molecule has 1 unspecified atom stereocenters. The predicted molar refractivity (Wildman–Crippen MR) is 115 cm³/mol. The van der Waals surface area contributed by atoms with E-state index in [2.05, 4.69) is 33.7 Å². The molecular weight excluding hydrogens is 392 g/mol. The lowest BCUT2D eigenvalue weighted by atomic mass is 10.1. The van der Waals surface area contributed by atoms with Crippen LogP contribution in [0.2, 0.25) is 5.02 Å². The van der Waals surface area contributed by atoms with Crippen LogP contribution in [-0.4, -0.2) is 32.5 Å². The molecule has 146 valence electrons. The van der Waals surface area contributed by atoms with Gasteiger partial charge in [0, 0.05) is 12.1 Å². The summed E-state index contributed by atoms with van der Waals surface area (Å²) in [4.78, 5) is 12.2. The number of hydrogen-bond donors (Lipinski definition) is 1. The average molecular weight is 415 g/mol. The van der Waals surface area contributed by atoms with Gasteiger partial charge >= 0.3 is 0 Å². The SMILES string of the molecule is CCNC(=O)C(C)Sc1nnc(-c2ccccc2Cl)n1-c1cc(C)ccc1C. The first-order valence-electron chi connectivity index (χ1n) is 9.14. The molecule has 2 aromatic carbocycles. The molecule has 0 bridgehead atoms. The lowest BCUT2D eigenvalue weighted by Crippen LogP contribution is -2.30. The van der Waals surface area contributed by atoms with E-state index in [1.807, 2.05) is 56.5 Å². The lowest BCUT2D eigenvalue weighted by Gasteiger charge is -2.16. The Morgan fingerprint density at radius 3 is 2.68 bits per heavy atom. The molecule has 3 rings (SSSR count). The van der Waals surface area contributed by atoms with Crippen molar-refractivity contribution in [3.63, 3.8) is 0 Å². The van der Waals surface area contributed by atoms with Crippen molar-refractivity contribution in [1.29, 1.82) is 0 Å². The fourth-order valence-electron chi connectivity index (χ4n) is 2.87. The minimum absolute atomic E-state index is 0.0256. The molecule has 28 heavy (non-hydrogen) atoms. The predicted octanol–water partition coefficient (Wildman–Crippen LogP) is 4.82. The maximum atomic E-state index is 12.2. The van der Waals surface area contributed by atoms with E-state index in [1.54, 1.807) is 0 Å². The van der Waals surface area contributed by atoms with E-state index in [9.17, 15) is 4.79 Å². The first kappa shape index (κ1) is 20.4. The maximum Gasteiger partial charge on any atom is 0.233 e. The van der Waals surface area contributed by atoms with Gasteiger partial charge in [0.25, 0.3) is 0 Å². The Morgan fingerprint density at radius 1 is 1.21 bits per heavy atom. The average Bonchev–Trinajstić information content (AvgIpc) is 3.07. The van der Waals surface area contributed by atoms with Crippen molar-refractivity contribution in [3.05, 3.63) is 58.6 Å². The number of rotatable bonds is 6. The van der Waals surface area contributed by atoms with Crippen molar-refractivity contribution in [3.8, 4) is 17.1 Å². The van der Waals surface area contributed by atoms with Gasteiger partial charge in [-0.25, -0.2) is 0 Å². The number of nitrogens with zero attached hydrogens (tertiary/aromatic N) is 3. The van der Waals surface area contributed by atoms with Gasteiger partial charge in [-0.3, -0.25) is 9.36 Å². The highest BCUT2D eigenvalue weighted by Gasteiger charge is 2.23. The number of hydrogen-bond acceptors (Lipinski definition) is 4. The second-order valence-electron chi connectivity index (χ2n) is 6.57. The zero-order chi connectivity index (χ0) is 20.3. The largest absolute Gasteiger partial charge is 0.355 e. The van der Waals surface area contributed by atoms with Crippen molar-refractivity contribution in [2.24, 2.45) is 0 Å². The summed E-state index contributed by atoms with van der Waals surface area (Å²) >= 11 is 7.83. The molecule has 0 aliphatic rings. The van der Waals surface area contributed by atoms with E-state index in [0.717, 1.165) is 22.4 Å². The van der Waals surface area contributed by atoms with Gasteiger partial charge in [-0.1, -0.05) is 47.6 Å². The van der Waals surface area contributed by atoms with Gasteiger partial charge in [0.1, 0.15) is 0 Å². The highest BCUT2D eigenvalue weighted by molar-refractivity contribution is 8.00. The van der Waals surface area contributed by atoms with Gasteiger partial charge in [-0.05, 0) is 57.0 Å². The molecule has 0 radical (unpaired) electrons. The molecule has 1 aromatic heterocycles. The van der Waals surface area contributed by atoms with Crippen LogP contribution in [0.1, 0.15) is 25.0 Å². The fraction of sp³-hybridized carbons (Fsp3) is 0.286. The Hall–Kier alpha value is -2.31. The van der Waals surface area contributed by atoms with E-state index in [-0.39, 0.29) is 11.2 Å². The number of aryl methyl sites for hydroxylation is 2. The summed E-state index contributed by atoms with van der Waals surface area (Å²) in [6, 6.07) is 13.8. The summed E-state index contributed by atoms with van der Waals surface area (Å²) in [6.45, 7) is 8.47. The molecular formula is C21H23ClN4OS. The van der Waals surface area contributed by atoms with Crippen LogP contribution in [0.15, 0.2) is 47.6 Å². The van der Waals surface area contributed by atoms with Gasteiger partial charge in [0.05, 0.1) is 16.0 Å². The standard InChI is InChI=1S/C21H23ClN4OS/c1-5-23-20(27)15(4)28-21-25-24-19(16-8-6-7-9-17(16)22)26(21)18-12-13(2)10-11-14(18)3/h6-12,15H,5H2,1-4H3,(H,23,27). The molecule has 1 N–H and O–H groups in total. The molecule has 1 heterocycles. The van der Waals surface area contributed by atoms with Crippen LogP contribution in [0.25, 0.3) is 17.1 Å². The topological polar surface area (TPSA) is 59.8 Å². The Morgan fingerprint density at radius 2 is 1.96 bits per heavy atom. The molecule has 0 fully saturated rings.